The Labute approximate surface area is 80.0 Å². The molecule has 2 fully saturated rings. The average Bonchev–Trinajstić information content (AvgIpc) is 2.24. The lowest BCUT2D eigenvalue weighted by Crippen LogP contribution is -2.44. The van der Waals surface area contributed by atoms with Gasteiger partial charge in [0.1, 0.15) is 0 Å². The number of nitrogens with zero attached hydrogens (tertiary/aromatic N) is 1. The van der Waals surface area contributed by atoms with Crippen LogP contribution in [0.3, 0.4) is 0 Å². The molecule has 2 nitrogen and oxygen atoms in total. The van der Waals surface area contributed by atoms with Crippen molar-refractivity contribution in [1.82, 2.24) is 0 Å². The van der Waals surface area contributed by atoms with Gasteiger partial charge in [0.25, 0.3) is 0 Å². The maximum atomic E-state index is 9.00. The molecule has 0 aromatic carbocycles. The highest BCUT2D eigenvalue weighted by Crippen LogP contribution is 2.61. The molecule has 1 N–H and O–H groups in total. The Bertz CT molecular complexity index is 257. The summed E-state index contributed by atoms with van der Waals surface area (Å²) in [7, 11) is 0. The Kier molecular flexibility index (Phi) is 1.73. The average molecular weight is 181 g/mol. The summed E-state index contributed by atoms with van der Waals surface area (Å²) in [5, 5.41) is 12.5. The number of hydrogen-bond donors (Lipinski definition) is 1. The van der Waals surface area contributed by atoms with Gasteiger partial charge < -0.3 is 5.21 Å². The van der Waals surface area contributed by atoms with Gasteiger partial charge in [0.2, 0.25) is 0 Å². The van der Waals surface area contributed by atoms with E-state index in [0.29, 0.717) is 5.41 Å². The first-order valence-electron chi connectivity index (χ1n) is 5.24. The smallest absolute Gasteiger partial charge is 0.0635 e. The van der Waals surface area contributed by atoms with Gasteiger partial charge in [0, 0.05) is 5.41 Å². The highest BCUT2D eigenvalue weighted by atomic mass is 16.4. The molecule has 0 aromatic heterocycles. The van der Waals surface area contributed by atoms with Crippen molar-refractivity contribution in [2.24, 2.45) is 21.9 Å². The predicted molar refractivity (Wildman–Crippen MR) is 53.1 cm³/mol. The van der Waals surface area contributed by atoms with Gasteiger partial charge in [-0.2, -0.15) is 0 Å². The molecule has 0 saturated heterocycles. The number of rotatable bonds is 0. The second kappa shape index (κ2) is 2.49. The summed E-state index contributed by atoms with van der Waals surface area (Å²) >= 11 is 0. The monoisotopic (exact) mass is 181 g/mol. The van der Waals surface area contributed by atoms with Crippen LogP contribution in [-0.2, 0) is 0 Å². The minimum absolute atomic E-state index is 0.157. The molecule has 0 heterocycles. The Morgan fingerprint density at radius 3 is 2.62 bits per heavy atom. The van der Waals surface area contributed by atoms with E-state index in [4.69, 9.17) is 5.21 Å². The van der Waals surface area contributed by atoms with Gasteiger partial charge in [-0.25, -0.2) is 0 Å². The number of fused-ring (bicyclic) bond motifs is 2. The van der Waals surface area contributed by atoms with Gasteiger partial charge in [-0.3, -0.25) is 0 Å². The first-order chi connectivity index (χ1) is 6.02. The van der Waals surface area contributed by atoms with E-state index in [1.165, 1.54) is 19.3 Å². The fraction of sp³-hybridized carbons (Fsp3) is 0.909. The molecule has 2 saturated carbocycles. The zero-order valence-corrected chi connectivity index (χ0v) is 8.80. The summed E-state index contributed by atoms with van der Waals surface area (Å²) in [4.78, 5) is 0. The van der Waals surface area contributed by atoms with Gasteiger partial charge in [-0.05, 0) is 37.0 Å². The molecule has 13 heavy (non-hydrogen) atoms. The molecule has 2 rings (SSSR count). The van der Waals surface area contributed by atoms with E-state index in [1.54, 1.807) is 0 Å². The summed E-state index contributed by atoms with van der Waals surface area (Å²) in [6.45, 7) is 6.92. The topological polar surface area (TPSA) is 32.6 Å². The van der Waals surface area contributed by atoms with E-state index in [1.807, 2.05) is 0 Å². The van der Waals surface area contributed by atoms with Crippen molar-refractivity contribution in [3.63, 3.8) is 0 Å². The third-order valence-corrected chi connectivity index (χ3v) is 4.92. The Hall–Kier alpha value is -0.530. The number of oxime groups is 1. The lowest BCUT2D eigenvalue weighted by atomic mass is 9.58. The second-order valence-corrected chi connectivity index (χ2v) is 5.37. The fourth-order valence-corrected chi connectivity index (χ4v) is 3.36. The highest BCUT2D eigenvalue weighted by Gasteiger charge is 2.56. The molecule has 0 unspecified atom stereocenters. The van der Waals surface area contributed by atoms with Crippen molar-refractivity contribution in [2.45, 2.75) is 46.5 Å². The van der Waals surface area contributed by atoms with Gasteiger partial charge >= 0.3 is 0 Å². The van der Waals surface area contributed by atoms with Crippen molar-refractivity contribution >= 4 is 5.71 Å². The summed E-state index contributed by atoms with van der Waals surface area (Å²) in [5.74, 6) is 0.836. The van der Waals surface area contributed by atoms with E-state index in [9.17, 15) is 0 Å². The van der Waals surface area contributed by atoms with Crippen molar-refractivity contribution in [3.05, 3.63) is 0 Å². The molecule has 0 radical (unpaired) electrons. The lowest BCUT2D eigenvalue weighted by molar-refractivity contribution is 0.120. The Morgan fingerprint density at radius 2 is 2.00 bits per heavy atom. The van der Waals surface area contributed by atoms with Crippen molar-refractivity contribution < 1.29 is 5.21 Å². The first kappa shape index (κ1) is 9.04. The minimum Gasteiger partial charge on any atom is -0.411 e. The van der Waals surface area contributed by atoms with Gasteiger partial charge in [0.15, 0.2) is 0 Å². The molecule has 0 aliphatic heterocycles. The number of hydrogen-bond acceptors (Lipinski definition) is 2. The SMILES string of the molecule is CC1(C)[C@H]2CC/C(=N\O)[C@]1(C)CC2. The van der Waals surface area contributed by atoms with Crippen LogP contribution >= 0.6 is 0 Å². The molecule has 2 aliphatic rings. The van der Waals surface area contributed by atoms with E-state index in [-0.39, 0.29) is 5.41 Å². The maximum Gasteiger partial charge on any atom is 0.0635 e. The molecule has 0 spiro atoms. The predicted octanol–water partition coefficient (Wildman–Crippen LogP) is 3.05. The van der Waals surface area contributed by atoms with Gasteiger partial charge in [-0.15, -0.1) is 0 Å². The second-order valence-electron chi connectivity index (χ2n) is 5.37. The Morgan fingerprint density at radius 1 is 1.31 bits per heavy atom. The van der Waals surface area contributed by atoms with Crippen LogP contribution in [-0.4, -0.2) is 10.9 Å². The molecular formula is C11H19NO. The van der Waals surface area contributed by atoms with Crippen LogP contribution in [0.15, 0.2) is 5.16 Å². The normalized spacial score (nSPS) is 45.5. The lowest BCUT2D eigenvalue weighted by Gasteiger charge is -2.46. The van der Waals surface area contributed by atoms with Crippen LogP contribution in [0.4, 0.5) is 0 Å². The van der Waals surface area contributed by atoms with Crippen LogP contribution in [0.1, 0.15) is 46.5 Å². The van der Waals surface area contributed by atoms with Crippen molar-refractivity contribution in [1.29, 1.82) is 0 Å². The fourth-order valence-electron chi connectivity index (χ4n) is 3.36. The summed E-state index contributed by atoms with van der Waals surface area (Å²) < 4.78 is 0. The van der Waals surface area contributed by atoms with E-state index in [0.717, 1.165) is 18.1 Å². The van der Waals surface area contributed by atoms with Crippen LogP contribution in [0.5, 0.6) is 0 Å². The van der Waals surface area contributed by atoms with Crippen LogP contribution < -0.4 is 0 Å². The minimum atomic E-state index is 0.157. The van der Waals surface area contributed by atoms with E-state index >= 15 is 0 Å². The third-order valence-electron chi connectivity index (χ3n) is 4.92. The molecule has 2 atom stereocenters. The summed E-state index contributed by atoms with van der Waals surface area (Å²) in [6.07, 6.45) is 4.72. The van der Waals surface area contributed by atoms with E-state index < -0.39 is 0 Å². The third kappa shape index (κ3) is 0.918. The Balaban J connectivity index is 2.44. The molecule has 2 heteroatoms. The first-order valence-corrected chi connectivity index (χ1v) is 5.24. The zero-order valence-electron chi connectivity index (χ0n) is 8.80. The van der Waals surface area contributed by atoms with Gasteiger partial charge in [-0.1, -0.05) is 25.9 Å². The van der Waals surface area contributed by atoms with Crippen molar-refractivity contribution in [2.75, 3.05) is 0 Å². The summed E-state index contributed by atoms with van der Waals surface area (Å²) in [5.41, 5.74) is 1.52. The molecule has 74 valence electrons. The maximum absolute atomic E-state index is 9.00. The largest absolute Gasteiger partial charge is 0.411 e. The molecular weight excluding hydrogens is 162 g/mol. The highest BCUT2D eigenvalue weighted by molar-refractivity contribution is 5.91. The standard InChI is InChI=1S/C11H19NO/c1-10(2)8-4-5-9(12-13)11(10,3)7-6-8/h8,13H,4-7H2,1-3H3/b12-9+/t8-,11-/m0/s1. The molecule has 0 amide bonds. The van der Waals surface area contributed by atoms with E-state index in [2.05, 4.69) is 25.9 Å². The molecule has 2 bridgehead atoms. The van der Waals surface area contributed by atoms with Crippen molar-refractivity contribution in [3.8, 4) is 0 Å². The van der Waals surface area contributed by atoms with Crippen LogP contribution in [0.25, 0.3) is 0 Å². The summed E-state index contributed by atoms with van der Waals surface area (Å²) in [6, 6.07) is 0. The van der Waals surface area contributed by atoms with Gasteiger partial charge in [0.05, 0.1) is 5.71 Å². The van der Waals surface area contributed by atoms with Crippen LogP contribution in [0.2, 0.25) is 0 Å². The molecule has 0 aromatic rings. The zero-order chi connectivity index (χ0) is 9.69. The molecule has 2 aliphatic carbocycles. The van der Waals surface area contributed by atoms with Crippen LogP contribution in [0, 0.1) is 16.7 Å². The quantitative estimate of drug-likeness (QED) is 0.452.